The lowest BCUT2D eigenvalue weighted by atomic mass is 10.1. The number of ether oxygens (including phenoxy) is 1. The minimum atomic E-state index is -0.465. The van der Waals surface area contributed by atoms with Gasteiger partial charge in [-0.25, -0.2) is 14.4 Å². The van der Waals surface area contributed by atoms with Crippen molar-refractivity contribution >= 4 is 11.2 Å². The molecule has 25 heavy (non-hydrogen) atoms. The molecule has 8 heteroatoms. The highest BCUT2D eigenvalue weighted by atomic mass is 19.1. The Morgan fingerprint density at radius 3 is 3.00 bits per heavy atom. The molecule has 0 aliphatic carbocycles. The summed E-state index contributed by atoms with van der Waals surface area (Å²) in [6.45, 7) is 2.78. The smallest absolute Gasteiger partial charge is 0.232 e. The van der Waals surface area contributed by atoms with Crippen LogP contribution in [0.3, 0.4) is 0 Å². The molecule has 1 aromatic carbocycles. The molecule has 0 radical (unpaired) electrons. The van der Waals surface area contributed by atoms with Crippen molar-refractivity contribution < 1.29 is 13.5 Å². The number of benzene rings is 1. The van der Waals surface area contributed by atoms with Crippen LogP contribution >= 0.6 is 0 Å². The van der Waals surface area contributed by atoms with Gasteiger partial charge in [-0.1, -0.05) is 6.07 Å². The third-order valence-electron chi connectivity index (χ3n) is 3.82. The number of aromatic nitrogens is 5. The van der Waals surface area contributed by atoms with Gasteiger partial charge in [0.25, 0.3) is 0 Å². The second kappa shape index (κ2) is 6.31. The van der Waals surface area contributed by atoms with Crippen LogP contribution in [-0.2, 0) is 13.2 Å². The lowest BCUT2D eigenvalue weighted by Gasteiger charge is -2.08. The van der Waals surface area contributed by atoms with E-state index in [9.17, 15) is 4.39 Å². The van der Waals surface area contributed by atoms with Gasteiger partial charge in [0.2, 0.25) is 5.89 Å². The Bertz CT molecular complexity index is 1010. The summed E-state index contributed by atoms with van der Waals surface area (Å²) in [4.78, 5) is 8.35. The minimum Gasteiger partial charge on any atom is -0.481 e. The zero-order valence-electron chi connectivity index (χ0n) is 13.4. The zero-order valence-corrected chi connectivity index (χ0v) is 13.4. The number of rotatable bonds is 5. The van der Waals surface area contributed by atoms with Gasteiger partial charge in [-0.05, 0) is 24.6 Å². The highest BCUT2D eigenvalue weighted by Crippen LogP contribution is 2.30. The lowest BCUT2D eigenvalue weighted by molar-refractivity contribution is 0.252. The standard InChI is InChI=1S/C17H14FN5O2/c1-2-23-10-20-16-12(8-21-22-17(16)23)11-3-4-13(18)14(7-11)25-9-15-19-5-6-24-15/h3-8,10H,2,9H2,1H3. The summed E-state index contributed by atoms with van der Waals surface area (Å²) in [6.07, 6.45) is 6.27. The van der Waals surface area contributed by atoms with E-state index in [1.54, 1.807) is 24.7 Å². The van der Waals surface area contributed by atoms with Gasteiger partial charge in [-0.3, -0.25) is 0 Å². The Kier molecular flexibility index (Phi) is 3.85. The molecule has 126 valence electrons. The molecule has 7 nitrogen and oxygen atoms in total. The van der Waals surface area contributed by atoms with Crippen LogP contribution in [0.5, 0.6) is 5.75 Å². The molecule has 0 unspecified atom stereocenters. The molecule has 0 bridgehead atoms. The minimum absolute atomic E-state index is 0.0435. The first-order chi connectivity index (χ1) is 12.3. The van der Waals surface area contributed by atoms with E-state index >= 15 is 0 Å². The summed E-state index contributed by atoms with van der Waals surface area (Å²) in [5, 5.41) is 8.17. The van der Waals surface area contributed by atoms with Crippen molar-refractivity contribution in [2.24, 2.45) is 0 Å². The van der Waals surface area contributed by atoms with E-state index in [2.05, 4.69) is 20.2 Å². The molecule has 0 saturated carbocycles. The van der Waals surface area contributed by atoms with Gasteiger partial charge in [-0.15, -0.1) is 5.10 Å². The van der Waals surface area contributed by atoms with Gasteiger partial charge in [-0.2, -0.15) is 5.10 Å². The molecule has 4 aromatic rings. The Hall–Kier alpha value is -3.29. The van der Waals surface area contributed by atoms with Crippen LogP contribution in [0.25, 0.3) is 22.3 Å². The van der Waals surface area contributed by atoms with Crippen molar-refractivity contribution in [1.82, 2.24) is 24.7 Å². The molecule has 0 aliphatic rings. The number of imidazole rings is 1. The average molecular weight is 339 g/mol. The van der Waals surface area contributed by atoms with E-state index < -0.39 is 5.82 Å². The first-order valence-electron chi connectivity index (χ1n) is 7.74. The number of hydrogen-bond acceptors (Lipinski definition) is 6. The SMILES string of the molecule is CCn1cnc2c(-c3ccc(F)c(OCc4ncco4)c3)cnnc21. The number of aryl methyl sites for hydroxylation is 1. The fourth-order valence-electron chi connectivity index (χ4n) is 2.56. The molecular weight excluding hydrogens is 325 g/mol. The number of nitrogens with zero attached hydrogens (tertiary/aromatic N) is 5. The maximum Gasteiger partial charge on any atom is 0.232 e. The van der Waals surface area contributed by atoms with E-state index in [1.165, 1.54) is 18.5 Å². The van der Waals surface area contributed by atoms with Crippen molar-refractivity contribution in [3.8, 4) is 16.9 Å². The summed E-state index contributed by atoms with van der Waals surface area (Å²) in [5.74, 6) is 0.0164. The fourth-order valence-corrected chi connectivity index (χ4v) is 2.56. The van der Waals surface area contributed by atoms with Crippen molar-refractivity contribution in [3.63, 3.8) is 0 Å². The van der Waals surface area contributed by atoms with Crippen LogP contribution in [-0.4, -0.2) is 24.7 Å². The third kappa shape index (κ3) is 2.82. The maximum absolute atomic E-state index is 14.1. The summed E-state index contributed by atoms with van der Waals surface area (Å²) < 4.78 is 26.5. The van der Waals surface area contributed by atoms with Crippen LogP contribution in [0, 0.1) is 5.82 Å². The van der Waals surface area contributed by atoms with E-state index in [0.717, 1.165) is 17.7 Å². The highest BCUT2D eigenvalue weighted by Gasteiger charge is 2.13. The van der Waals surface area contributed by atoms with Crippen molar-refractivity contribution in [3.05, 3.63) is 54.9 Å². The molecule has 4 rings (SSSR count). The van der Waals surface area contributed by atoms with Gasteiger partial charge in [0.05, 0.1) is 18.7 Å². The van der Waals surface area contributed by atoms with Crippen molar-refractivity contribution in [1.29, 1.82) is 0 Å². The Labute approximate surface area is 142 Å². The molecule has 3 aromatic heterocycles. The van der Waals surface area contributed by atoms with Crippen LogP contribution < -0.4 is 4.74 Å². The van der Waals surface area contributed by atoms with E-state index in [4.69, 9.17) is 9.15 Å². The second-order valence-corrected chi connectivity index (χ2v) is 5.32. The van der Waals surface area contributed by atoms with Crippen molar-refractivity contribution in [2.45, 2.75) is 20.1 Å². The molecule has 0 saturated heterocycles. The highest BCUT2D eigenvalue weighted by molar-refractivity contribution is 5.89. The average Bonchev–Trinajstić information content (AvgIpc) is 3.30. The fraction of sp³-hybridized carbons (Fsp3) is 0.176. The Morgan fingerprint density at radius 2 is 2.20 bits per heavy atom. The molecule has 0 amide bonds. The third-order valence-corrected chi connectivity index (χ3v) is 3.82. The van der Waals surface area contributed by atoms with E-state index in [0.29, 0.717) is 17.1 Å². The quantitative estimate of drug-likeness (QED) is 0.555. The molecule has 0 fully saturated rings. The van der Waals surface area contributed by atoms with Crippen LogP contribution in [0.15, 0.2) is 47.6 Å². The second-order valence-electron chi connectivity index (χ2n) is 5.32. The predicted molar refractivity (Wildman–Crippen MR) is 87.2 cm³/mol. The summed E-state index contributed by atoms with van der Waals surface area (Å²) in [6, 6.07) is 4.62. The number of halogens is 1. The number of fused-ring (bicyclic) bond motifs is 1. The van der Waals surface area contributed by atoms with Gasteiger partial charge >= 0.3 is 0 Å². The summed E-state index contributed by atoms with van der Waals surface area (Å²) >= 11 is 0. The molecule has 0 atom stereocenters. The first-order valence-corrected chi connectivity index (χ1v) is 7.74. The van der Waals surface area contributed by atoms with E-state index in [-0.39, 0.29) is 12.4 Å². The maximum atomic E-state index is 14.1. The normalized spacial score (nSPS) is 11.1. The first kappa shape index (κ1) is 15.3. The number of hydrogen-bond donors (Lipinski definition) is 0. The molecule has 0 spiro atoms. The van der Waals surface area contributed by atoms with Crippen molar-refractivity contribution in [2.75, 3.05) is 0 Å². The Morgan fingerprint density at radius 1 is 1.28 bits per heavy atom. The lowest BCUT2D eigenvalue weighted by Crippen LogP contribution is -1.98. The molecular formula is C17H14FN5O2. The van der Waals surface area contributed by atoms with Crippen LogP contribution in [0.4, 0.5) is 4.39 Å². The van der Waals surface area contributed by atoms with Gasteiger partial charge < -0.3 is 13.7 Å². The zero-order chi connectivity index (χ0) is 17.2. The summed E-state index contributed by atoms with van der Waals surface area (Å²) in [7, 11) is 0. The number of oxazole rings is 1. The van der Waals surface area contributed by atoms with E-state index in [1.807, 2.05) is 11.5 Å². The predicted octanol–water partition coefficient (Wildman–Crippen LogP) is 3.22. The van der Waals surface area contributed by atoms with Gasteiger partial charge in [0, 0.05) is 12.1 Å². The molecule has 0 aliphatic heterocycles. The monoisotopic (exact) mass is 339 g/mol. The molecule has 3 heterocycles. The largest absolute Gasteiger partial charge is 0.481 e. The topological polar surface area (TPSA) is 78.9 Å². The molecule has 0 N–H and O–H groups in total. The summed E-state index contributed by atoms with van der Waals surface area (Å²) in [5.41, 5.74) is 2.90. The van der Waals surface area contributed by atoms with Gasteiger partial charge in [0.15, 0.2) is 23.8 Å². The van der Waals surface area contributed by atoms with Crippen LogP contribution in [0.1, 0.15) is 12.8 Å². The van der Waals surface area contributed by atoms with Crippen LogP contribution in [0.2, 0.25) is 0 Å². The van der Waals surface area contributed by atoms with Gasteiger partial charge in [0.1, 0.15) is 11.8 Å². The Balaban J connectivity index is 1.71.